The van der Waals surface area contributed by atoms with Gasteiger partial charge in [-0.3, -0.25) is 4.79 Å². The van der Waals surface area contributed by atoms with E-state index in [0.29, 0.717) is 0 Å². The molecule has 1 heterocycles. The normalized spacial score (nSPS) is 10.1. The number of hydrogen-bond donors (Lipinski definition) is 2. The number of carboxylic acids is 1. The average Bonchev–Trinajstić information content (AvgIpc) is 2.54. The van der Waals surface area contributed by atoms with Gasteiger partial charge in [0.15, 0.2) is 0 Å². The molecule has 1 aromatic rings. The Kier molecular flexibility index (Phi) is 4.64. The second-order valence-electron chi connectivity index (χ2n) is 1.91. The third kappa shape index (κ3) is 5.57. The first kappa shape index (κ1) is 13.3. The lowest BCUT2D eigenvalue weighted by Gasteiger charge is -1.93. The molecule has 0 aliphatic heterocycles. The highest BCUT2D eigenvalue weighted by Crippen LogP contribution is 2.13. The number of hydrogen-bond acceptors (Lipinski definition) is 5. The lowest BCUT2D eigenvalue weighted by atomic mass is 10.7. The van der Waals surface area contributed by atoms with Crippen LogP contribution in [0.5, 0.6) is 0 Å². The fourth-order valence-electron chi connectivity index (χ4n) is 0.280. The first-order chi connectivity index (χ1) is 6.75. The molecule has 0 saturated carbocycles. The van der Waals surface area contributed by atoms with E-state index < -0.39 is 18.1 Å². The number of nitrogens with two attached hydrogens (primary N) is 1. The van der Waals surface area contributed by atoms with Crippen molar-refractivity contribution in [3.63, 3.8) is 0 Å². The van der Waals surface area contributed by atoms with Crippen molar-refractivity contribution in [2.24, 2.45) is 5.73 Å². The molecule has 0 atom stereocenters. The van der Waals surface area contributed by atoms with E-state index >= 15 is 0 Å². The Balaban J connectivity index is 0.000000265. The maximum atomic E-state index is 10.6. The van der Waals surface area contributed by atoms with Crippen LogP contribution in [0.2, 0.25) is 0 Å². The van der Waals surface area contributed by atoms with Gasteiger partial charge in [0.1, 0.15) is 5.51 Å². The van der Waals surface area contributed by atoms with Gasteiger partial charge in [-0.2, -0.15) is 13.2 Å². The molecule has 0 spiro atoms. The molecule has 10 heteroatoms. The number of nitrogens with zero attached hydrogens (tertiary/aromatic N) is 2. The van der Waals surface area contributed by atoms with Crippen molar-refractivity contribution in [3.8, 4) is 0 Å². The molecule has 0 aliphatic carbocycles. The number of amides is 1. The van der Waals surface area contributed by atoms with Crippen molar-refractivity contribution in [2.75, 3.05) is 0 Å². The molecule has 0 bridgehead atoms. The van der Waals surface area contributed by atoms with Crippen molar-refractivity contribution >= 4 is 23.2 Å². The van der Waals surface area contributed by atoms with E-state index in [1.165, 1.54) is 5.51 Å². The van der Waals surface area contributed by atoms with E-state index in [4.69, 9.17) is 15.6 Å². The lowest BCUT2D eigenvalue weighted by molar-refractivity contribution is -0.192. The molecule has 6 nitrogen and oxygen atoms in total. The van der Waals surface area contributed by atoms with Gasteiger partial charge < -0.3 is 10.8 Å². The van der Waals surface area contributed by atoms with Gasteiger partial charge in [-0.25, -0.2) is 4.79 Å². The fourth-order valence-corrected chi connectivity index (χ4v) is 0.685. The Bertz CT molecular complexity index is 337. The van der Waals surface area contributed by atoms with Crippen molar-refractivity contribution in [2.45, 2.75) is 6.18 Å². The van der Waals surface area contributed by atoms with E-state index in [0.717, 1.165) is 11.3 Å². The number of carbonyl (C=O) groups excluding carboxylic acids is 1. The minimum Gasteiger partial charge on any atom is -0.475 e. The standard InChI is InChI=1S/C3H3N3OS.C2HF3O2/c4-2(7)3-6-5-1-8-3;3-2(4,5)1(6)7/h1H,(H2,4,7);(H,6,7). The molecule has 84 valence electrons. The van der Waals surface area contributed by atoms with Crippen LogP contribution < -0.4 is 5.73 Å². The third-order valence-electron chi connectivity index (χ3n) is 0.813. The predicted molar refractivity (Wildman–Crippen MR) is 42.1 cm³/mol. The fraction of sp³-hybridized carbons (Fsp3) is 0.200. The van der Waals surface area contributed by atoms with Gasteiger partial charge in [-0.05, 0) is 0 Å². The summed E-state index contributed by atoms with van der Waals surface area (Å²) in [7, 11) is 0. The summed E-state index contributed by atoms with van der Waals surface area (Å²) >= 11 is 1.13. The van der Waals surface area contributed by atoms with Gasteiger partial charge in [-0.1, -0.05) is 11.3 Å². The van der Waals surface area contributed by atoms with E-state index in [9.17, 15) is 18.0 Å². The predicted octanol–water partition coefficient (Wildman–Crippen LogP) is 0.270. The van der Waals surface area contributed by atoms with Gasteiger partial charge in [-0.15, -0.1) is 10.2 Å². The SMILES string of the molecule is NC(=O)c1nncs1.O=C(O)C(F)(F)F. The second kappa shape index (κ2) is 5.24. The summed E-state index contributed by atoms with van der Waals surface area (Å²) in [6.07, 6.45) is -5.08. The summed E-state index contributed by atoms with van der Waals surface area (Å²) in [6.45, 7) is 0. The molecule has 1 aromatic heterocycles. The summed E-state index contributed by atoms with van der Waals surface area (Å²) < 4.78 is 31.7. The molecular formula is C5H4F3N3O3S. The summed E-state index contributed by atoms with van der Waals surface area (Å²) in [4.78, 5) is 19.1. The van der Waals surface area contributed by atoms with Crippen LogP contribution in [0.25, 0.3) is 0 Å². The topological polar surface area (TPSA) is 106 Å². The zero-order valence-electron chi connectivity index (χ0n) is 6.85. The van der Waals surface area contributed by atoms with Crippen LogP contribution in [0.4, 0.5) is 13.2 Å². The van der Waals surface area contributed by atoms with Crippen LogP contribution in [-0.2, 0) is 4.79 Å². The highest BCUT2D eigenvalue weighted by Gasteiger charge is 2.38. The van der Waals surface area contributed by atoms with Crippen molar-refractivity contribution in [3.05, 3.63) is 10.5 Å². The highest BCUT2D eigenvalue weighted by atomic mass is 32.1. The minimum atomic E-state index is -5.08. The molecule has 0 radical (unpaired) electrons. The summed E-state index contributed by atoms with van der Waals surface area (Å²) in [6, 6.07) is 0. The highest BCUT2D eigenvalue weighted by molar-refractivity contribution is 7.11. The molecule has 1 amide bonds. The number of carbonyl (C=O) groups is 2. The second-order valence-corrected chi connectivity index (χ2v) is 2.74. The summed E-state index contributed by atoms with van der Waals surface area (Å²) in [5, 5.41) is 14.2. The zero-order valence-corrected chi connectivity index (χ0v) is 7.67. The molecule has 0 unspecified atom stereocenters. The number of primary amides is 1. The number of halogens is 3. The number of aromatic nitrogens is 2. The molecule has 1 rings (SSSR count). The van der Waals surface area contributed by atoms with Crippen LogP contribution in [0, 0.1) is 0 Å². The van der Waals surface area contributed by atoms with E-state index in [1.807, 2.05) is 0 Å². The van der Waals surface area contributed by atoms with Crippen molar-refractivity contribution in [1.82, 2.24) is 10.2 Å². The van der Waals surface area contributed by atoms with Crippen LogP contribution in [-0.4, -0.2) is 33.4 Å². The Morgan fingerprint density at radius 3 is 2.07 bits per heavy atom. The van der Waals surface area contributed by atoms with Gasteiger partial charge in [0.2, 0.25) is 5.01 Å². The third-order valence-corrected chi connectivity index (χ3v) is 1.52. The Labute approximate surface area is 84.5 Å². The molecule has 0 aromatic carbocycles. The lowest BCUT2D eigenvalue weighted by Crippen LogP contribution is -2.21. The smallest absolute Gasteiger partial charge is 0.475 e. The van der Waals surface area contributed by atoms with Crippen LogP contribution in [0.1, 0.15) is 9.80 Å². The van der Waals surface area contributed by atoms with E-state index in [-0.39, 0.29) is 5.01 Å². The van der Waals surface area contributed by atoms with Crippen LogP contribution >= 0.6 is 11.3 Å². The molecular weight excluding hydrogens is 239 g/mol. The molecule has 15 heavy (non-hydrogen) atoms. The number of aliphatic carboxylic acids is 1. The Hall–Kier alpha value is -1.71. The molecule has 3 N–H and O–H groups in total. The van der Waals surface area contributed by atoms with Crippen LogP contribution in [0.15, 0.2) is 5.51 Å². The van der Waals surface area contributed by atoms with E-state index in [2.05, 4.69) is 10.2 Å². The monoisotopic (exact) mass is 243 g/mol. The van der Waals surface area contributed by atoms with Gasteiger partial charge in [0, 0.05) is 0 Å². The van der Waals surface area contributed by atoms with E-state index in [1.54, 1.807) is 0 Å². The van der Waals surface area contributed by atoms with Crippen molar-refractivity contribution in [1.29, 1.82) is 0 Å². The maximum Gasteiger partial charge on any atom is 0.490 e. The quantitative estimate of drug-likeness (QED) is 0.736. The summed E-state index contributed by atoms with van der Waals surface area (Å²) in [5.41, 5.74) is 6.29. The summed E-state index contributed by atoms with van der Waals surface area (Å²) in [5.74, 6) is -3.28. The zero-order chi connectivity index (χ0) is 12.1. The number of rotatable bonds is 1. The van der Waals surface area contributed by atoms with Crippen LogP contribution in [0.3, 0.4) is 0 Å². The first-order valence-electron chi connectivity index (χ1n) is 3.11. The first-order valence-corrected chi connectivity index (χ1v) is 3.99. The number of alkyl halides is 3. The van der Waals surface area contributed by atoms with Crippen molar-refractivity contribution < 1.29 is 27.9 Å². The Morgan fingerprint density at radius 2 is 1.93 bits per heavy atom. The average molecular weight is 243 g/mol. The van der Waals surface area contributed by atoms with Gasteiger partial charge >= 0.3 is 12.1 Å². The number of carboxylic acid groups (broad SMARTS) is 1. The maximum absolute atomic E-state index is 10.6. The minimum absolute atomic E-state index is 0.255. The Morgan fingerprint density at radius 1 is 1.47 bits per heavy atom. The van der Waals surface area contributed by atoms with Gasteiger partial charge in [0.25, 0.3) is 5.91 Å². The molecule has 0 aliphatic rings. The molecule has 0 saturated heterocycles. The molecule has 0 fully saturated rings. The van der Waals surface area contributed by atoms with Gasteiger partial charge in [0.05, 0.1) is 0 Å². The largest absolute Gasteiger partial charge is 0.490 e.